The average molecular weight is 411 g/mol. The van der Waals surface area contributed by atoms with Crippen LogP contribution in [-0.2, 0) is 13.1 Å². The Morgan fingerprint density at radius 2 is 2.10 bits per heavy atom. The second-order valence-corrected chi connectivity index (χ2v) is 9.07. The van der Waals surface area contributed by atoms with Gasteiger partial charge in [-0.1, -0.05) is 23.8 Å². The van der Waals surface area contributed by atoms with Crippen molar-refractivity contribution in [1.29, 1.82) is 0 Å². The third kappa shape index (κ3) is 4.78. The van der Waals surface area contributed by atoms with E-state index in [4.69, 9.17) is 0 Å². The van der Waals surface area contributed by atoms with Gasteiger partial charge in [0.1, 0.15) is 0 Å². The van der Waals surface area contributed by atoms with Gasteiger partial charge in [-0.2, -0.15) is 5.10 Å². The van der Waals surface area contributed by atoms with Gasteiger partial charge in [-0.05, 0) is 43.3 Å². The summed E-state index contributed by atoms with van der Waals surface area (Å²) in [6.45, 7) is 9.42. The molecule has 1 aliphatic rings. The number of rotatable bonds is 7. The number of hydrogen-bond donors (Lipinski definition) is 2. The molecule has 0 amide bonds. The number of thiophene rings is 1. The second kappa shape index (κ2) is 9.22. The van der Waals surface area contributed by atoms with Crippen LogP contribution >= 0.6 is 11.3 Å². The fourth-order valence-electron chi connectivity index (χ4n) is 4.24. The number of piperazine rings is 1. The number of aryl methyl sites for hydroxylation is 2. The Morgan fingerprint density at radius 3 is 2.90 bits per heavy atom. The maximum absolute atomic E-state index is 9.60. The first kappa shape index (κ1) is 20.3. The van der Waals surface area contributed by atoms with E-state index in [-0.39, 0.29) is 6.61 Å². The van der Waals surface area contributed by atoms with E-state index in [0.29, 0.717) is 6.04 Å². The number of aromatic amines is 1. The molecular formula is C23H30N4OS. The molecule has 1 aliphatic heterocycles. The molecule has 0 radical (unpaired) electrons. The molecule has 6 heteroatoms. The number of H-pyrrole nitrogens is 1. The molecule has 29 heavy (non-hydrogen) atoms. The highest BCUT2D eigenvalue weighted by Crippen LogP contribution is 2.28. The molecule has 0 aliphatic carbocycles. The lowest BCUT2D eigenvalue weighted by molar-refractivity contribution is 0.0507. The number of aliphatic hydroxyl groups excluding tert-OH is 1. The Bertz CT molecular complexity index is 921. The van der Waals surface area contributed by atoms with E-state index in [9.17, 15) is 5.11 Å². The van der Waals surface area contributed by atoms with Crippen molar-refractivity contribution in [3.8, 4) is 11.3 Å². The number of aliphatic hydroxyl groups is 1. The van der Waals surface area contributed by atoms with Crippen LogP contribution in [0.5, 0.6) is 0 Å². The molecule has 0 bridgehead atoms. The van der Waals surface area contributed by atoms with Crippen LogP contribution in [0.1, 0.15) is 28.0 Å². The van der Waals surface area contributed by atoms with Crippen molar-refractivity contribution < 1.29 is 5.11 Å². The number of nitrogens with one attached hydrogen (secondary N) is 1. The minimum Gasteiger partial charge on any atom is -0.396 e. The first-order valence-electron chi connectivity index (χ1n) is 10.3. The van der Waals surface area contributed by atoms with Crippen molar-refractivity contribution in [2.45, 2.75) is 39.4 Å². The van der Waals surface area contributed by atoms with Gasteiger partial charge in [0.25, 0.3) is 0 Å². The molecule has 2 N–H and O–H groups in total. The summed E-state index contributed by atoms with van der Waals surface area (Å²) in [6, 6.07) is 11.3. The van der Waals surface area contributed by atoms with E-state index in [1.54, 1.807) is 0 Å². The van der Waals surface area contributed by atoms with Gasteiger partial charge in [0.05, 0.1) is 11.9 Å². The molecule has 5 nitrogen and oxygen atoms in total. The smallest absolute Gasteiger partial charge is 0.0698 e. The lowest BCUT2D eigenvalue weighted by Gasteiger charge is -2.41. The third-order valence-electron chi connectivity index (χ3n) is 5.86. The summed E-state index contributed by atoms with van der Waals surface area (Å²) in [6.07, 6.45) is 2.79. The van der Waals surface area contributed by atoms with E-state index in [0.717, 1.165) is 44.8 Å². The zero-order chi connectivity index (χ0) is 20.2. The number of benzene rings is 1. The monoisotopic (exact) mass is 410 g/mol. The van der Waals surface area contributed by atoms with Crippen LogP contribution in [0.4, 0.5) is 0 Å². The molecule has 1 aromatic carbocycles. The van der Waals surface area contributed by atoms with Crippen LogP contribution < -0.4 is 0 Å². The lowest BCUT2D eigenvalue weighted by Crippen LogP contribution is -2.52. The summed E-state index contributed by atoms with van der Waals surface area (Å²) >= 11 is 1.81. The molecule has 3 heterocycles. The molecule has 3 aromatic rings. The lowest BCUT2D eigenvalue weighted by atomic mass is 10.00. The highest BCUT2D eigenvalue weighted by molar-refractivity contribution is 7.09. The van der Waals surface area contributed by atoms with Gasteiger partial charge in [0.2, 0.25) is 0 Å². The Labute approximate surface area is 177 Å². The summed E-state index contributed by atoms with van der Waals surface area (Å²) in [4.78, 5) is 6.43. The van der Waals surface area contributed by atoms with Crippen molar-refractivity contribution >= 4 is 11.3 Å². The van der Waals surface area contributed by atoms with Crippen LogP contribution in [0.2, 0.25) is 0 Å². The van der Waals surface area contributed by atoms with Crippen molar-refractivity contribution in [3.63, 3.8) is 0 Å². The molecule has 154 valence electrons. The van der Waals surface area contributed by atoms with Crippen LogP contribution in [0.15, 0.2) is 41.9 Å². The largest absolute Gasteiger partial charge is 0.396 e. The van der Waals surface area contributed by atoms with Crippen molar-refractivity contribution in [3.05, 3.63) is 63.5 Å². The third-order valence-corrected chi connectivity index (χ3v) is 6.73. The molecule has 0 unspecified atom stereocenters. The maximum atomic E-state index is 9.60. The Morgan fingerprint density at radius 1 is 1.21 bits per heavy atom. The van der Waals surface area contributed by atoms with Crippen molar-refractivity contribution in [2.75, 3.05) is 26.2 Å². The normalized spacial score (nSPS) is 18.4. The van der Waals surface area contributed by atoms with E-state index in [1.807, 2.05) is 17.5 Å². The molecule has 4 rings (SSSR count). The molecule has 0 spiro atoms. The SMILES string of the molecule is Cc1ccc(C)c(-c2[nH]ncc2CN2CCN(Cc3cccs3)[C@@H](CCO)C2)c1. The summed E-state index contributed by atoms with van der Waals surface area (Å²) in [5, 5.41) is 19.3. The zero-order valence-electron chi connectivity index (χ0n) is 17.3. The van der Waals surface area contributed by atoms with Gasteiger partial charge >= 0.3 is 0 Å². The number of nitrogens with zero attached hydrogens (tertiary/aromatic N) is 3. The van der Waals surface area contributed by atoms with Gasteiger partial charge < -0.3 is 5.11 Å². The molecular weight excluding hydrogens is 380 g/mol. The minimum atomic E-state index is 0.235. The van der Waals surface area contributed by atoms with E-state index >= 15 is 0 Å². The number of hydrogen-bond acceptors (Lipinski definition) is 5. The van der Waals surface area contributed by atoms with E-state index in [1.165, 1.54) is 27.1 Å². The molecule has 2 aromatic heterocycles. The predicted octanol–water partition coefficient (Wildman–Crippen LogP) is 3.82. The summed E-state index contributed by atoms with van der Waals surface area (Å²) in [5.74, 6) is 0. The van der Waals surface area contributed by atoms with E-state index in [2.05, 4.69) is 69.6 Å². The fourth-order valence-corrected chi connectivity index (χ4v) is 4.97. The number of aromatic nitrogens is 2. The van der Waals surface area contributed by atoms with Crippen molar-refractivity contribution in [2.24, 2.45) is 0 Å². The molecule has 1 fully saturated rings. The zero-order valence-corrected chi connectivity index (χ0v) is 18.1. The van der Waals surface area contributed by atoms with Crippen LogP contribution in [-0.4, -0.2) is 57.4 Å². The van der Waals surface area contributed by atoms with Crippen LogP contribution in [0.3, 0.4) is 0 Å². The first-order chi connectivity index (χ1) is 14.1. The van der Waals surface area contributed by atoms with Gasteiger partial charge in [0, 0.05) is 61.4 Å². The van der Waals surface area contributed by atoms with Crippen LogP contribution in [0, 0.1) is 13.8 Å². The second-order valence-electron chi connectivity index (χ2n) is 8.04. The first-order valence-corrected chi connectivity index (χ1v) is 11.2. The van der Waals surface area contributed by atoms with Crippen LogP contribution in [0.25, 0.3) is 11.3 Å². The minimum absolute atomic E-state index is 0.235. The topological polar surface area (TPSA) is 55.4 Å². The standard InChI is InChI=1S/C23H30N4OS/c1-17-5-6-18(2)22(12-17)23-19(13-24-25-23)14-26-8-9-27(20(15-26)7-10-28)16-21-4-3-11-29-21/h3-6,11-13,20,28H,7-10,14-16H2,1-2H3,(H,24,25)/t20-/m0/s1. The fraction of sp³-hybridized carbons (Fsp3) is 0.435. The maximum Gasteiger partial charge on any atom is 0.0698 e. The molecule has 0 saturated carbocycles. The highest BCUT2D eigenvalue weighted by atomic mass is 32.1. The molecule has 1 atom stereocenters. The van der Waals surface area contributed by atoms with E-state index < -0.39 is 0 Å². The average Bonchev–Trinajstić information content (AvgIpc) is 3.38. The summed E-state index contributed by atoms with van der Waals surface area (Å²) < 4.78 is 0. The molecule has 1 saturated heterocycles. The van der Waals surface area contributed by atoms with Gasteiger partial charge in [0.15, 0.2) is 0 Å². The summed E-state index contributed by atoms with van der Waals surface area (Å²) in [5.41, 5.74) is 6.14. The Balaban J connectivity index is 1.47. The summed E-state index contributed by atoms with van der Waals surface area (Å²) in [7, 11) is 0. The quantitative estimate of drug-likeness (QED) is 0.622. The Kier molecular flexibility index (Phi) is 6.45. The predicted molar refractivity (Wildman–Crippen MR) is 119 cm³/mol. The van der Waals surface area contributed by atoms with Gasteiger partial charge in [-0.25, -0.2) is 0 Å². The van der Waals surface area contributed by atoms with Gasteiger partial charge in [-0.15, -0.1) is 11.3 Å². The van der Waals surface area contributed by atoms with Gasteiger partial charge in [-0.3, -0.25) is 14.9 Å². The Hall–Kier alpha value is -1.99. The highest BCUT2D eigenvalue weighted by Gasteiger charge is 2.27. The van der Waals surface area contributed by atoms with Crippen molar-refractivity contribution in [1.82, 2.24) is 20.0 Å².